The topological polar surface area (TPSA) is 34.4 Å². The van der Waals surface area contributed by atoms with Crippen molar-refractivity contribution in [3.63, 3.8) is 0 Å². The molecule has 0 aromatic carbocycles. The molecule has 0 saturated heterocycles. The number of ether oxygens (including phenoxy) is 1. The summed E-state index contributed by atoms with van der Waals surface area (Å²) in [6.07, 6.45) is 4.56. The summed E-state index contributed by atoms with van der Waals surface area (Å²) in [4.78, 5) is 0. The Morgan fingerprint density at radius 3 is 2.86 bits per heavy atom. The highest BCUT2D eigenvalue weighted by atomic mass is 16.5. The molecule has 1 N–H and O–H groups in total. The van der Waals surface area contributed by atoms with Crippen LogP contribution in [0.5, 0.6) is 0 Å². The van der Waals surface area contributed by atoms with Crippen LogP contribution in [-0.4, -0.2) is 20.8 Å². The SMILES string of the molecule is CNC(c1ccoc1)C(C)CCOC. The second-order valence-corrected chi connectivity index (χ2v) is 3.58. The van der Waals surface area contributed by atoms with Gasteiger partial charge in [0.2, 0.25) is 0 Å². The molecular weight excluding hydrogens is 178 g/mol. The van der Waals surface area contributed by atoms with Crippen LogP contribution in [-0.2, 0) is 4.74 Å². The molecule has 3 heteroatoms. The third-order valence-corrected chi connectivity index (χ3v) is 2.56. The zero-order valence-electron chi connectivity index (χ0n) is 9.12. The molecule has 0 saturated carbocycles. The van der Waals surface area contributed by atoms with Crippen molar-refractivity contribution in [1.82, 2.24) is 5.32 Å². The van der Waals surface area contributed by atoms with E-state index in [0.717, 1.165) is 13.0 Å². The molecule has 2 unspecified atom stereocenters. The average molecular weight is 197 g/mol. The van der Waals surface area contributed by atoms with Crippen molar-refractivity contribution in [2.45, 2.75) is 19.4 Å². The van der Waals surface area contributed by atoms with Gasteiger partial charge in [-0.1, -0.05) is 6.92 Å². The lowest BCUT2D eigenvalue weighted by atomic mass is 9.94. The van der Waals surface area contributed by atoms with Crippen molar-refractivity contribution >= 4 is 0 Å². The Morgan fingerprint density at radius 1 is 1.57 bits per heavy atom. The van der Waals surface area contributed by atoms with E-state index in [1.165, 1.54) is 5.56 Å². The van der Waals surface area contributed by atoms with E-state index in [9.17, 15) is 0 Å². The lowest BCUT2D eigenvalue weighted by Crippen LogP contribution is -2.23. The minimum absolute atomic E-state index is 0.351. The van der Waals surface area contributed by atoms with Crippen molar-refractivity contribution < 1.29 is 9.15 Å². The van der Waals surface area contributed by atoms with Gasteiger partial charge < -0.3 is 14.5 Å². The molecule has 80 valence electrons. The van der Waals surface area contributed by atoms with Gasteiger partial charge in [0.1, 0.15) is 0 Å². The Labute approximate surface area is 85.4 Å². The predicted molar refractivity (Wildman–Crippen MR) is 56.2 cm³/mol. The Morgan fingerprint density at radius 2 is 2.36 bits per heavy atom. The molecule has 0 amide bonds. The van der Waals surface area contributed by atoms with Gasteiger partial charge in [-0.3, -0.25) is 0 Å². The van der Waals surface area contributed by atoms with Gasteiger partial charge in [0.15, 0.2) is 0 Å². The van der Waals surface area contributed by atoms with Crippen molar-refractivity contribution in [3.05, 3.63) is 24.2 Å². The number of furan rings is 1. The fourth-order valence-electron chi connectivity index (χ4n) is 1.70. The van der Waals surface area contributed by atoms with Crippen molar-refractivity contribution in [3.8, 4) is 0 Å². The second kappa shape index (κ2) is 5.83. The molecule has 0 bridgehead atoms. The fourth-order valence-corrected chi connectivity index (χ4v) is 1.70. The van der Waals surface area contributed by atoms with Crippen LogP contribution in [0.15, 0.2) is 23.0 Å². The van der Waals surface area contributed by atoms with E-state index in [0.29, 0.717) is 12.0 Å². The number of rotatable bonds is 6. The van der Waals surface area contributed by atoms with Crippen LogP contribution in [0.4, 0.5) is 0 Å². The first kappa shape index (κ1) is 11.3. The lowest BCUT2D eigenvalue weighted by molar-refractivity contribution is 0.171. The Bertz CT molecular complexity index is 233. The molecule has 0 aliphatic heterocycles. The molecule has 0 aliphatic rings. The van der Waals surface area contributed by atoms with Gasteiger partial charge in [-0.2, -0.15) is 0 Å². The van der Waals surface area contributed by atoms with Gasteiger partial charge in [0, 0.05) is 25.3 Å². The van der Waals surface area contributed by atoms with Gasteiger partial charge >= 0.3 is 0 Å². The Hall–Kier alpha value is -0.800. The molecule has 0 radical (unpaired) electrons. The molecule has 1 aromatic heterocycles. The maximum absolute atomic E-state index is 5.08. The first-order chi connectivity index (χ1) is 6.79. The van der Waals surface area contributed by atoms with Crippen LogP contribution in [0.1, 0.15) is 24.9 Å². The van der Waals surface area contributed by atoms with Crippen molar-refractivity contribution in [1.29, 1.82) is 0 Å². The van der Waals surface area contributed by atoms with Gasteiger partial charge in [-0.15, -0.1) is 0 Å². The maximum atomic E-state index is 5.08. The zero-order valence-corrected chi connectivity index (χ0v) is 9.12. The summed E-state index contributed by atoms with van der Waals surface area (Å²) >= 11 is 0. The second-order valence-electron chi connectivity index (χ2n) is 3.58. The smallest absolute Gasteiger partial charge is 0.0950 e. The van der Waals surface area contributed by atoms with Gasteiger partial charge in [0.25, 0.3) is 0 Å². The monoisotopic (exact) mass is 197 g/mol. The van der Waals surface area contributed by atoms with E-state index >= 15 is 0 Å². The number of hydrogen-bond acceptors (Lipinski definition) is 3. The summed E-state index contributed by atoms with van der Waals surface area (Å²) < 4.78 is 10.2. The molecule has 3 nitrogen and oxygen atoms in total. The molecule has 1 heterocycles. The van der Waals surface area contributed by atoms with Gasteiger partial charge in [-0.25, -0.2) is 0 Å². The average Bonchev–Trinajstić information content (AvgIpc) is 2.69. The van der Waals surface area contributed by atoms with E-state index in [1.54, 1.807) is 19.6 Å². The molecule has 0 aliphatic carbocycles. The van der Waals surface area contributed by atoms with E-state index in [2.05, 4.69) is 12.2 Å². The van der Waals surface area contributed by atoms with Crippen LogP contribution < -0.4 is 5.32 Å². The Balaban J connectivity index is 2.53. The lowest BCUT2D eigenvalue weighted by Gasteiger charge is -2.22. The normalized spacial score (nSPS) is 15.4. The molecule has 0 fully saturated rings. The number of hydrogen-bond donors (Lipinski definition) is 1. The first-order valence-corrected chi connectivity index (χ1v) is 4.98. The van der Waals surface area contributed by atoms with E-state index in [-0.39, 0.29) is 0 Å². The van der Waals surface area contributed by atoms with Crippen LogP contribution >= 0.6 is 0 Å². The van der Waals surface area contributed by atoms with Crippen LogP contribution in [0.3, 0.4) is 0 Å². The van der Waals surface area contributed by atoms with Crippen molar-refractivity contribution in [2.24, 2.45) is 5.92 Å². The molecule has 0 spiro atoms. The van der Waals surface area contributed by atoms with E-state index in [4.69, 9.17) is 9.15 Å². The highest BCUT2D eigenvalue weighted by Crippen LogP contribution is 2.24. The molecular formula is C11H19NO2. The number of methoxy groups -OCH3 is 1. The third-order valence-electron chi connectivity index (χ3n) is 2.56. The quantitative estimate of drug-likeness (QED) is 0.759. The van der Waals surface area contributed by atoms with E-state index < -0.39 is 0 Å². The highest BCUT2D eigenvalue weighted by molar-refractivity contribution is 5.12. The predicted octanol–water partition coefficient (Wildman–Crippen LogP) is 2.21. The zero-order chi connectivity index (χ0) is 10.4. The van der Waals surface area contributed by atoms with E-state index in [1.807, 2.05) is 13.1 Å². The van der Waals surface area contributed by atoms with Crippen LogP contribution in [0.2, 0.25) is 0 Å². The summed E-state index contributed by atoms with van der Waals surface area (Å²) in [5.41, 5.74) is 1.20. The van der Waals surface area contributed by atoms with Gasteiger partial charge in [0.05, 0.1) is 12.5 Å². The Kier molecular flexibility index (Phi) is 4.70. The summed E-state index contributed by atoms with van der Waals surface area (Å²) in [6.45, 7) is 3.02. The minimum atomic E-state index is 0.351. The number of nitrogens with one attached hydrogen (secondary N) is 1. The van der Waals surface area contributed by atoms with Crippen molar-refractivity contribution in [2.75, 3.05) is 20.8 Å². The molecule has 1 rings (SSSR count). The maximum Gasteiger partial charge on any atom is 0.0950 e. The highest BCUT2D eigenvalue weighted by Gasteiger charge is 2.17. The summed E-state index contributed by atoms with van der Waals surface area (Å²) in [5.74, 6) is 0.539. The summed E-state index contributed by atoms with van der Waals surface area (Å²) in [7, 11) is 3.71. The fraction of sp³-hybridized carbons (Fsp3) is 0.636. The van der Waals surface area contributed by atoms with Crippen LogP contribution in [0.25, 0.3) is 0 Å². The third kappa shape index (κ3) is 2.86. The molecule has 2 atom stereocenters. The van der Waals surface area contributed by atoms with Gasteiger partial charge in [-0.05, 0) is 25.5 Å². The summed E-state index contributed by atoms with van der Waals surface area (Å²) in [6, 6.07) is 2.36. The molecule has 14 heavy (non-hydrogen) atoms. The van der Waals surface area contributed by atoms with Crippen LogP contribution in [0, 0.1) is 5.92 Å². The molecule has 1 aromatic rings. The first-order valence-electron chi connectivity index (χ1n) is 4.98. The minimum Gasteiger partial charge on any atom is -0.472 e. The summed E-state index contributed by atoms with van der Waals surface area (Å²) in [5, 5.41) is 3.30. The standard InChI is InChI=1S/C11H19NO2/c1-9(4-6-13-3)11(12-2)10-5-7-14-8-10/h5,7-9,11-12H,4,6H2,1-3H3. The largest absolute Gasteiger partial charge is 0.472 e.